The van der Waals surface area contributed by atoms with Gasteiger partial charge in [-0.25, -0.2) is 4.98 Å². The van der Waals surface area contributed by atoms with Gasteiger partial charge in [0.2, 0.25) is 0 Å². The highest BCUT2D eigenvalue weighted by molar-refractivity contribution is 7.19. The number of imidazole rings is 1. The van der Waals surface area contributed by atoms with Gasteiger partial charge in [-0.05, 0) is 43.7 Å². The Morgan fingerprint density at radius 1 is 1.19 bits per heavy atom. The number of oxime groups is 1. The van der Waals surface area contributed by atoms with Crippen LogP contribution in [0.3, 0.4) is 0 Å². The van der Waals surface area contributed by atoms with Crippen molar-refractivity contribution < 1.29 is 4.84 Å². The molecule has 0 saturated heterocycles. The fourth-order valence-corrected chi connectivity index (χ4v) is 4.27. The summed E-state index contributed by atoms with van der Waals surface area (Å²) in [6, 6.07) is 13.5. The van der Waals surface area contributed by atoms with Gasteiger partial charge in [0.15, 0.2) is 4.96 Å². The van der Waals surface area contributed by atoms with Crippen molar-refractivity contribution in [2.45, 2.75) is 20.5 Å². The molecule has 0 aliphatic rings. The number of thiazole rings is 1. The van der Waals surface area contributed by atoms with E-state index in [9.17, 15) is 0 Å². The summed E-state index contributed by atoms with van der Waals surface area (Å²) in [6.45, 7) is 4.35. The van der Waals surface area contributed by atoms with E-state index in [1.54, 1.807) is 23.5 Å². The molecule has 2 aromatic carbocycles. The van der Waals surface area contributed by atoms with Gasteiger partial charge in [-0.2, -0.15) is 0 Å². The normalized spacial score (nSPS) is 12.2. The second kappa shape index (κ2) is 6.91. The summed E-state index contributed by atoms with van der Waals surface area (Å²) in [6.07, 6.45) is 0. The Morgan fingerprint density at radius 3 is 2.81 bits per heavy atom. The largest absolute Gasteiger partial charge is 0.391 e. The molecule has 4 aromatic rings. The minimum atomic E-state index is 0.332. The maximum Gasteiger partial charge on any atom is 0.195 e. The van der Waals surface area contributed by atoms with Crippen molar-refractivity contribution in [3.63, 3.8) is 0 Å². The summed E-state index contributed by atoms with van der Waals surface area (Å²) in [5, 5.41) is 5.30. The maximum atomic E-state index is 6.02. The van der Waals surface area contributed by atoms with Crippen LogP contribution in [-0.2, 0) is 11.4 Å². The Hall–Kier alpha value is -2.08. The van der Waals surface area contributed by atoms with Gasteiger partial charge in [-0.3, -0.25) is 4.40 Å². The van der Waals surface area contributed by atoms with E-state index in [-0.39, 0.29) is 0 Å². The smallest absolute Gasteiger partial charge is 0.195 e. The summed E-state index contributed by atoms with van der Waals surface area (Å²) in [7, 11) is 0. The van der Waals surface area contributed by atoms with Crippen LogP contribution in [0, 0.1) is 6.92 Å². The molecule has 0 bridgehead atoms. The van der Waals surface area contributed by atoms with Crippen LogP contribution in [0.1, 0.15) is 23.1 Å². The van der Waals surface area contributed by atoms with E-state index in [2.05, 4.69) is 27.5 Å². The van der Waals surface area contributed by atoms with Crippen LogP contribution in [0.5, 0.6) is 0 Å². The first-order valence-corrected chi connectivity index (χ1v) is 9.59. The van der Waals surface area contributed by atoms with Gasteiger partial charge in [-0.15, -0.1) is 0 Å². The minimum Gasteiger partial charge on any atom is -0.391 e. The molecule has 0 N–H and O–H groups in total. The number of rotatable bonds is 4. The lowest BCUT2D eigenvalue weighted by molar-refractivity contribution is 0.130. The zero-order valence-electron chi connectivity index (χ0n) is 14.2. The van der Waals surface area contributed by atoms with Crippen LogP contribution < -0.4 is 0 Å². The number of aromatic nitrogens is 2. The van der Waals surface area contributed by atoms with Crippen molar-refractivity contribution in [2.24, 2.45) is 5.16 Å². The number of para-hydroxylation sites is 2. The standard InChI is InChI=1S/C19H15Cl2N3OS/c1-11(23-25-10-13-7-8-14(20)15(21)9-13)18-12(2)24-17-6-4-3-5-16(17)22-19(24)26-18/h3-9H,10H2,1-2H3. The molecule has 0 spiro atoms. The Balaban J connectivity index is 1.59. The lowest BCUT2D eigenvalue weighted by atomic mass is 10.2. The third kappa shape index (κ3) is 3.07. The van der Waals surface area contributed by atoms with Crippen molar-refractivity contribution >= 4 is 56.2 Å². The molecule has 7 heteroatoms. The average molecular weight is 404 g/mol. The van der Waals surface area contributed by atoms with E-state index in [1.165, 1.54) is 0 Å². The first-order valence-electron chi connectivity index (χ1n) is 8.02. The summed E-state index contributed by atoms with van der Waals surface area (Å²) in [5.74, 6) is 0. The van der Waals surface area contributed by atoms with Crippen LogP contribution in [0.15, 0.2) is 47.6 Å². The predicted octanol–water partition coefficient (Wildman–Crippen LogP) is 6.11. The number of hydrogen-bond acceptors (Lipinski definition) is 4. The van der Waals surface area contributed by atoms with Crippen LogP contribution >= 0.6 is 34.5 Å². The first-order chi connectivity index (χ1) is 12.5. The van der Waals surface area contributed by atoms with E-state index < -0.39 is 0 Å². The lowest BCUT2D eigenvalue weighted by Gasteiger charge is -2.04. The fourth-order valence-electron chi connectivity index (χ4n) is 2.87. The van der Waals surface area contributed by atoms with Crippen molar-refractivity contribution in [3.8, 4) is 0 Å². The predicted molar refractivity (Wildman–Crippen MR) is 109 cm³/mol. The number of benzene rings is 2. The SMILES string of the molecule is CC(=NOCc1ccc(Cl)c(Cl)c1)c1sc2nc3ccccc3n2c1C. The van der Waals surface area contributed by atoms with Crippen LogP contribution in [-0.4, -0.2) is 15.1 Å². The second-order valence-electron chi connectivity index (χ2n) is 5.93. The number of aryl methyl sites for hydroxylation is 1. The van der Waals surface area contributed by atoms with Gasteiger partial charge < -0.3 is 4.84 Å². The van der Waals surface area contributed by atoms with Crippen molar-refractivity contribution in [2.75, 3.05) is 0 Å². The maximum absolute atomic E-state index is 6.02. The third-order valence-corrected chi connectivity index (χ3v) is 6.12. The van der Waals surface area contributed by atoms with Crippen molar-refractivity contribution in [1.29, 1.82) is 0 Å². The Labute approximate surface area is 164 Å². The lowest BCUT2D eigenvalue weighted by Crippen LogP contribution is -1.98. The van der Waals surface area contributed by atoms with E-state index in [1.807, 2.05) is 31.2 Å². The highest BCUT2D eigenvalue weighted by Crippen LogP contribution is 2.28. The summed E-state index contributed by atoms with van der Waals surface area (Å²) in [5.41, 5.74) is 4.95. The van der Waals surface area contributed by atoms with E-state index in [0.29, 0.717) is 16.7 Å². The molecule has 0 radical (unpaired) electrons. The van der Waals surface area contributed by atoms with Gasteiger partial charge in [-0.1, -0.05) is 57.9 Å². The first kappa shape index (κ1) is 17.3. The zero-order chi connectivity index (χ0) is 18.3. The highest BCUT2D eigenvalue weighted by atomic mass is 35.5. The van der Waals surface area contributed by atoms with Gasteiger partial charge in [0.05, 0.1) is 31.7 Å². The number of hydrogen-bond donors (Lipinski definition) is 0. The highest BCUT2D eigenvalue weighted by Gasteiger charge is 2.15. The molecule has 0 amide bonds. The van der Waals surface area contributed by atoms with Gasteiger partial charge in [0.25, 0.3) is 0 Å². The average Bonchev–Trinajstić information content (AvgIpc) is 3.15. The molecule has 2 aromatic heterocycles. The second-order valence-corrected chi connectivity index (χ2v) is 7.73. The monoisotopic (exact) mass is 403 g/mol. The van der Waals surface area contributed by atoms with Crippen molar-refractivity contribution in [3.05, 3.63) is 68.6 Å². The Bertz CT molecular complexity index is 1150. The quantitative estimate of drug-likeness (QED) is 0.304. The fraction of sp³-hybridized carbons (Fsp3) is 0.158. The molecule has 0 saturated carbocycles. The van der Waals surface area contributed by atoms with Crippen molar-refractivity contribution in [1.82, 2.24) is 9.38 Å². The van der Waals surface area contributed by atoms with E-state index >= 15 is 0 Å². The summed E-state index contributed by atoms with van der Waals surface area (Å²) in [4.78, 5) is 12.2. The van der Waals surface area contributed by atoms with Crippen LogP contribution in [0.2, 0.25) is 10.0 Å². The number of nitrogens with zero attached hydrogens (tertiary/aromatic N) is 3. The van der Waals surface area contributed by atoms with E-state index in [0.717, 1.165) is 37.8 Å². The molecule has 2 heterocycles. The zero-order valence-corrected chi connectivity index (χ0v) is 16.5. The molecule has 0 aliphatic carbocycles. The Morgan fingerprint density at radius 2 is 2.00 bits per heavy atom. The topological polar surface area (TPSA) is 38.9 Å². The molecular weight excluding hydrogens is 389 g/mol. The molecule has 132 valence electrons. The number of halogens is 2. The molecule has 4 rings (SSSR count). The minimum absolute atomic E-state index is 0.332. The Kier molecular flexibility index (Phi) is 4.61. The molecule has 4 nitrogen and oxygen atoms in total. The van der Waals surface area contributed by atoms with Gasteiger partial charge in [0, 0.05) is 5.69 Å². The molecule has 26 heavy (non-hydrogen) atoms. The van der Waals surface area contributed by atoms with Crippen LogP contribution in [0.4, 0.5) is 0 Å². The number of fused-ring (bicyclic) bond motifs is 3. The third-order valence-electron chi connectivity index (χ3n) is 4.13. The molecule has 0 fully saturated rings. The summed E-state index contributed by atoms with van der Waals surface area (Å²) < 4.78 is 2.16. The molecule has 0 unspecified atom stereocenters. The van der Waals surface area contributed by atoms with E-state index in [4.69, 9.17) is 28.0 Å². The van der Waals surface area contributed by atoms with Crippen LogP contribution in [0.25, 0.3) is 16.0 Å². The summed E-state index contributed by atoms with van der Waals surface area (Å²) >= 11 is 13.6. The molecule has 0 aliphatic heterocycles. The molecular formula is C19H15Cl2N3OS. The van der Waals surface area contributed by atoms with Gasteiger partial charge in [0.1, 0.15) is 6.61 Å². The molecule has 0 atom stereocenters. The van der Waals surface area contributed by atoms with Gasteiger partial charge >= 0.3 is 0 Å².